The molecule has 1 atom stereocenters. The first-order chi connectivity index (χ1) is 14.5. The van der Waals surface area contributed by atoms with E-state index < -0.39 is 5.92 Å². The lowest BCUT2D eigenvalue weighted by molar-refractivity contribution is -0.122. The van der Waals surface area contributed by atoms with Gasteiger partial charge in [-0.2, -0.15) is 0 Å². The van der Waals surface area contributed by atoms with E-state index in [1.54, 1.807) is 29.2 Å². The second kappa shape index (κ2) is 8.57. The summed E-state index contributed by atoms with van der Waals surface area (Å²) in [6.07, 6.45) is 2.16. The number of carbonyl (C=O) groups is 3. The highest BCUT2D eigenvalue weighted by Crippen LogP contribution is 2.33. The molecule has 0 radical (unpaired) electrons. The normalized spacial score (nSPS) is 18.2. The van der Waals surface area contributed by atoms with E-state index in [1.165, 1.54) is 0 Å². The van der Waals surface area contributed by atoms with Gasteiger partial charge in [0.2, 0.25) is 11.8 Å². The second-order valence-electron chi connectivity index (χ2n) is 7.62. The third kappa shape index (κ3) is 4.45. The number of anilines is 2. The summed E-state index contributed by atoms with van der Waals surface area (Å²) < 4.78 is 5.62. The lowest BCUT2D eigenvalue weighted by atomic mass is 10.1. The summed E-state index contributed by atoms with van der Waals surface area (Å²) in [5, 5.41) is 5.79. The molecular formula is C23H25N3O4. The minimum Gasteiger partial charge on any atom is -0.492 e. The number of benzene rings is 2. The predicted molar refractivity (Wildman–Crippen MR) is 114 cm³/mol. The summed E-state index contributed by atoms with van der Waals surface area (Å²) in [5.74, 6) is -0.331. The number of amides is 3. The Bertz CT molecular complexity index is 970. The largest absolute Gasteiger partial charge is 0.492 e. The number of hydrogen-bond acceptors (Lipinski definition) is 4. The smallest absolute Gasteiger partial charge is 0.251 e. The van der Waals surface area contributed by atoms with Crippen LogP contribution in [-0.2, 0) is 9.59 Å². The van der Waals surface area contributed by atoms with Crippen molar-refractivity contribution in [2.45, 2.75) is 32.2 Å². The van der Waals surface area contributed by atoms with E-state index in [4.69, 9.17) is 4.74 Å². The third-order valence-electron chi connectivity index (χ3n) is 5.26. The highest BCUT2D eigenvalue weighted by molar-refractivity contribution is 6.04. The summed E-state index contributed by atoms with van der Waals surface area (Å²) in [4.78, 5) is 39.2. The molecule has 0 bridgehead atoms. The van der Waals surface area contributed by atoms with Crippen LogP contribution in [0.1, 0.15) is 36.5 Å². The number of carbonyl (C=O) groups excluding carboxylic acids is 3. The van der Waals surface area contributed by atoms with Crippen molar-refractivity contribution in [2.24, 2.45) is 5.92 Å². The average Bonchev–Trinajstić information content (AvgIpc) is 3.47. The van der Waals surface area contributed by atoms with Gasteiger partial charge < -0.3 is 20.3 Å². The fourth-order valence-electron chi connectivity index (χ4n) is 3.55. The Balaban J connectivity index is 1.42. The van der Waals surface area contributed by atoms with E-state index in [9.17, 15) is 14.4 Å². The van der Waals surface area contributed by atoms with Crippen LogP contribution < -0.4 is 20.3 Å². The second-order valence-corrected chi connectivity index (χ2v) is 7.62. The molecule has 2 fully saturated rings. The number of rotatable bonds is 7. The van der Waals surface area contributed by atoms with Crippen LogP contribution in [-0.4, -0.2) is 36.9 Å². The van der Waals surface area contributed by atoms with Gasteiger partial charge in [0.05, 0.1) is 18.2 Å². The van der Waals surface area contributed by atoms with Crippen molar-refractivity contribution in [3.63, 3.8) is 0 Å². The molecule has 0 unspecified atom stereocenters. The molecule has 1 saturated carbocycles. The summed E-state index contributed by atoms with van der Waals surface area (Å²) in [6.45, 7) is 2.67. The fourth-order valence-corrected chi connectivity index (χ4v) is 3.55. The molecule has 2 aromatic carbocycles. The quantitative estimate of drug-likeness (QED) is 0.739. The number of nitrogens with zero attached hydrogens (tertiary/aromatic N) is 1. The van der Waals surface area contributed by atoms with Gasteiger partial charge in [-0.05, 0) is 50.1 Å². The Hall–Kier alpha value is -3.35. The third-order valence-corrected chi connectivity index (χ3v) is 5.26. The molecule has 1 aliphatic heterocycles. The summed E-state index contributed by atoms with van der Waals surface area (Å²) in [6, 6.07) is 14.5. The van der Waals surface area contributed by atoms with Crippen molar-refractivity contribution in [1.82, 2.24) is 5.32 Å². The molecule has 1 aliphatic carbocycles. The average molecular weight is 407 g/mol. The molecule has 0 aromatic heterocycles. The van der Waals surface area contributed by atoms with Crippen molar-refractivity contribution >= 4 is 29.1 Å². The number of hydrogen-bond donors (Lipinski definition) is 2. The van der Waals surface area contributed by atoms with Crippen molar-refractivity contribution in [1.29, 1.82) is 0 Å². The topological polar surface area (TPSA) is 87.7 Å². The summed E-state index contributed by atoms with van der Waals surface area (Å²) >= 11 is 0. The lowest BCUT2D eigenvalue weighted by Crippen LogP contribution is -2.28. The molecule has 2 aromatic rings. The van der Waals surface area contributed by atoms with E-state index in [0.29, 0.717) is 29.3 Å². The minimum absolute atomic E-state index is 0.111. The maximum Gasteiger partial charge on any atom is 0.251 e. The van der Waals surface area contributed by atoms with E-state index in [1.807, 2.05) is 31.2 Å². The zero-order chi connectivity index (χ0) is 21.1. The first-order valence-corrected chi connectivity index (χ1v) is 10.3. The maximum absolute atomic E-state index is 12.8. The fraction of sp³-hybridized carbons (Fsp3) is 0.348. The van der Waals surface area contributed by atoms with Gasteiger partial charge >= 0.3 is 0 Å². The number of para-hydroxylation sites is 2. The van der Waals surface area contributed by atoms with Crippen LogP contribution in [0.3, 0.4) is 0 Å². The van der Waals surface area contributed by atoms with Crippen LogP contribution in [0, 0.1) is 5.92 Å². The van der Waals surface area contributed by atoms with Gasteiger partial charge in [-0.15, -0.1) is 0 Å². The predicted octanol–water partition coefficient (Wildman–Crippen LogP) is 2.97. The van der Waals surface area contributed by atoms with Gasteiger partial charge in [-0.25, -0.2) is 0 Å². The first-order valence-electron chi connectivity index (χ1n) is 10.3. The zero-order valence-corrected chi connectivity index (χ0v) is 16.9. The zero-order valence-electron chi connectivity index (χ0n) is 16.9. The van der Waals surface area contributed by atoms with E-state index in [-0.39, 0.29) is 36.7 Å². The molecule has 4 rings (SSSR count). The van der Waals surface area contributed by atoms with Crippen LogP contribution >= 0.6 is 0 Å². The monoisotopic (exact) mass is 407 g/mol. The van der Waals surface area contributed by atoms with Crippen LogP contribution in [0.5, 0.6) is 5.75 Å². The Morgan fingerprint density at radius 1 is 1.13 bits per heavy atom. The van der Waals surface area contributed by atoms with Gasteiger partial charge in [0.15, 0.2) is 0 Å². The summed E-state index contributed by atoms with van der Waals surface area (Å²) in [5.41, 5.74) is 1.73. The van der Waals surface area contributed by atoms with Gasteiger partial charge in [0.1, 0.15) is 5.75 Å². The lowest BCUT2D eigenvalue weighted by Gasteiger charge is -2.20. The molecule has 156 valence electrons. The Kier molecular flexibility index (Phi) is 5.70. The highest BCUT2D eigenvalue weighted by Gasteiger charge is 2.36. The van der Waals surface area contributed by atoms with Gasteiger partial charge in [-0.3, -0.25) is 14.4 Å². The van der Waals surface area contributed by atoms with E-state index >= 15 is 0 Å². The number of nitrogens with one attached hydrogen (secondary N) is 2. The van der Waals surface area contributed by atoms with Crippen LogP contribution in [0.25, 0.3) is 0 Å². The molecule has 30 heavy (non-hydrogen) atoms. The van der Waals surface area contributed by atoms with E-state index in [2.05, 4.69) is 10.6 Å². The van der Waals surface area contributed by atoms with Crippen molar-refractivity contribution in [2.75, 3.05) is 23.4 Å². The first kappa shape index (κ1) is 19.9. The van der Waals surface area contributed by atoms with Crippen molar-refractivity contribution in [3.8, 4) is 5.75 Å². The Labute approximate surface area is 175 Å². The van der Waals surface area contributed by atoms with Crippen molar-refractivity contribution < 1.29 is 19.1 Å². The van der Waals surface area contributed by atoms with Crippen LogP contribution in [0.2, 0.25) is 0 Å². The van der Waals surface area contributed by atoms with Crippen LogP contribution in [0.4, 0.5) is 11.4 Å². The van der Waals surface area contributed by atoms with Gasteiger partial charge in [-0.1, -0.05) is 18.2 Å². The molecule has 3 amide bonds. The molecular weight excluding hydrogens is 382 g/mol. The molecule has 1 heterocycles. The van der Waals surface area contributed by atoms with Crippen molar-refractivity contribution in [3.05, 3.63) is 54.1 Å². The number of ether oxygens (including phenoxy) is 1. The molecule has 7 heteroatoms. The molecule has 2 aliphatic rings. The van der Waals surface area contributed by atoms with Gasteiger partial charge in [0, 0.05) is 30.3 Å². The SMILES string of the molecule is CCOc1ccccc1N1C[C@H](C(=O)Nc2cccc(C(=O)NC3CC3)c2)CC1=O. The Morgan fingerprint density at radius 3 is 2.70 bits per heavy atom. The highest BCUT2D eigenvalue weighted by atomic mass is 16.5. The van der Waals surface area contributed by atoms with Crippen LogP contribution in [0.15, 0.2) is 48.5 Å². The van der Waals surface area contributed by atoms with E-state index in [0.717, 1.165) is 12.8 Å². The molecule has 0 spiro atoms. The summed E-state index contributed by atoms with van der Waals surface area (Å²) in [7, 11) is 0. The molecule has 7 nitrogen and oxygen atoms in total. The standard InChI is InChI=1S/C23H25N3O4/c1-2-30-20-9-4-3-8-19(20)26-14-16(13-21(26)27)23(29)25-18-7-5-6-15(12-18)22(28)24-17-10-11-17/h3-9,12,16-17H,2,10-11,13-14H2,1H3,(H,24,28)(H,25,29)/t16-/m1/s1. The maximum atomic E-state index is 12.8. The van der Waals surface area contributed by atoms with Gasteiger partial charge in [0.25, 0.3) is 5.91 Å². The minimum atomic E-state index is -0.476. The Morgan fingerprint density at radius 2 is 1.93 bits per heavy atom. The molecule has 2 N–H and O–H groups in total. The molecule has 1 saturated heterocycles.